The SMILES string of the molecule is COc1cc(/C=C(/C#N)C(=O)Nc2ccc(F)cc2)cc(OC)c1OC. The maximum Gasteiger partial charge on any atom is 0.266 e. The van der Waals surface area contributed by atoms with Gasteiger partial charge in [-0.25, -0.2) is 4.39 Å². The summed E-state index contributed by atoms with van der Waals surface area (Å²) in [7, 11) is 4.42. The number of ether oxygens (including phenoxy) is 3. The summed E-state index contributed by atoms with van der Waals surface area (Å²) in [5.41, 5.74) is 0.761. The Labute approximate surface area is 150 Å². The first-order valence-electron chi connectivity index (χ1n) is 7.51. The first kappa shape index (κ1) is 18.8. The topological polar surface area (TPSA) is 80.6 Å². The average molecular weight is 356 g/mol. The molecule has 0 atom stereocenters. The summed E-state index contributed by atoms with van der Waals surface area (Å²) >= 11 is 0. The fourth-order valence-corrected chi connectivity index (χ4v) is 2.23. The standard InChI is InChI=1S/C19H17FN2O4/c1-24-16-9-12(10-17(25-2)18(16)26-3)8-13(11-21)19(23)22-15-6-4-14(20)5-7-15/h4-10H,1-3H3,(H,22,23)/b13-8-. The third-order valence-corrected chi connectivity index (χ3v) is 3.47. The van der Waals surface area contributed by atoms with Crippen molar-refractivity contribution in [3.63, 3.8) is 0 Å². The average Bonchev–Trinajstić information content (AvgIpc) is 2.66. The van der Waals surface area contributed by atoms with E-state index in [-0.39, 0.29) is 5.57 Å². The highest BCUT2D eigenvalue weighted by Gasteiger charge is 2.15. The molecule has 1 amide bonds. The first-order chi connectivity index (χ1) is 12.5. The van der Waals surface area contributed by atoms with E-state index in [4.69, 9.17) is 14.2 Å². The van der Waals surface area contributed by atoms with Crippen molar-refractivity contribution in [2.24, 2.45) is 0 Å². The third-order valence-electron chi connectivity index (χ3n) is 3.47. The lowest BCUT2D eigenvalue weighted by molar-refractivity contribution is -0.112. The van der Waals surface area contributed by atoms with Crippen molar-refractivity contribution in [2.75, 3.05) is 26.6 Å². The second kappa shape index (κ2) is 8.53. The number of nitrogens with zero attached hydrogens (tertiary/aromatic N) is 1. The Bertz CT molecular complexity index is 845. The lowest BCUT2D eigenvalue weighted by Crippen LogP contribution is -2.13. The maximum absolute atomic E-state index is 12.9. The van der Waals surface area contributed by atoms with Gasteiger partial charge in [0.15, 0.2) is 11.5 Å². The van der Waals surface area contributed by atoms with Crippen LogP contribution in [0.3, 0.4) is 0 Å². The number of nitriles is 1. The van der Waals surface area contributed by atoms with Gasteiger partial charge in [-0.15, -0.1) is 0 Å². The number of carbonyl (C=O) groups excluding carboxylic acids is 1. The number of rotatable bonds is 6. The number of anilines is 1. The molecule has 1 N–H and O–H groups in total. The van der Waals surface area contributed by atoms with Crippen LogP contribution in [0, 0.1) is 17.1 Å². The van der Waals surface area contributed by atoms with Gasteiger partial charge in [-0.1, -0.05) is 0 Å². The number of halogens is 1. The molecule has 0 spiro atoms. The van der Waals surface area contributed by atoms with Crippen LogP contribution in [-0.2, 0) is 4.79 Å². The van der Waals surface area contributed by atoms with Crippen LogP contribution in [0.4, 0.5) is 10.1 Å². The van der Waals surface area contributed by atoms with Gasteiger partial charge in [-0.05, 0) is 48.0 Å². The van der Waals surface area contributed by atoms with E-state index in [0.717, 1.165) is 0 Å². The van der Waals surface area contributed by atoms with E-state index < -0.39 is 11.7 Å². The summed E-state index contributed by atoms with van der Waals surface area (Å²) < 4.78 is 28.7. The van der Waals surface area contributed by atoms with Gasteiger partial charge in [-0.2, -0.15) is 5.26 Å². The van der Waals surface area contributed by atoms with Gasteiger partial charge in [-0.3, -0.25) is 4.79 Å². The van der Waals surface area contributed by atoms with Crippen LogP contribution in [0.5, 0.6) is 17.2 Å². The summed E-state index contributed by atoms with van der Waals surface area (Å²) in [6.07, 6.45) is 1.39. The van der Waals surface area contributed by atoms with Crippen molar-refractivity contribution >= 4 is 17.7 Å². The van der Waals surface area contributed by atoms with Gasteiger partial charge in [0, 0.05) is 5.69 Å². The van der Waals surface area contributed by atoms with Crippen LogP contribution in [0.2, 0.25) is 0 Å². The Kier molecular flexibility index (Phi) is 6.17. The van der Waals surface area contributed by atoms with E-state index in [2.05, 4.69) is 5.32 Å². The molecular weight excluding hydrogens is 339 g/mol. The largest absolute Gasteiger partial charge is 0.493 e. The van der Waals surface area contributed by atoms with Crippen molar-refractivity contribution in [3.8, 4) is 23.3 Å². The van der Waals surface area contributed by atoms with Crippen LogP contribution in [0.25, 0.3) is 6.08 Å². The molecule has 0 saturated heterocycles. The zero-order valence-electron chi connectivity index (χ0n) is 14.5. The highest BCUT2D eigenvalue weighted by molar-refractivity contribution is 6.09. The summed E-state index contributed by atoms with van der Waals surface area (Å²) in [4.78, 5) is 12.3. The summed E-state index contributed by atoms with van der Waals surface area (Å²) in [5, 5.41) is 11.8. The molecule has 2 rings (SSSR count). The molecule has 0 bridgehead atoms. The van der Waals surface area contributed by atoms with Gasteiger partial charge in [0.25, 0.3) is 5.91 Å². The molecule has 0 radical (unpaired) electrons. The summed E-state index contributed by atoms with van der Waals surface area (Å²) in [5.74, 6) is 0.161. The zero-order chi connectivity index (χ0) is 19.1. The normalized spacial score (nSPS) is 10.7. The second-order valence-electron chi connectivity index (χ2n) is 5.09. The van der Waals surface area contributed by atoms with E-state index >= 15 is 0 Å². The smallest absolute Gasteiger partial charge is 0.266 e. The highest BCUT2D eigenvalue weighted by atomic mass is 19.1. The van der Waals surface area contributed by atoms with E-state index in [1.165, 1.54) is 51.7 Å². The number of hydrogen-bond donors (Lipinski definition) is 1. The van der Waals surface area contributed by atoms with Crippen LogP contribution in [0.15, 0.2) is 42.0 Å². The minimum Gasteiger partial charge on any atom is -0.493 e. The predicted molar refractivity (Wildman–Crippen MR) is 94.7 cm³/mol. The Hall–Kier alpha value is -3.53. The van der Waals surface area contributed by atoms with E-state index in [0.29, 0.717) is 28.5 Å². The number of amides is 1. The Balaban J connectivity index is 2.34. The van der Waals surface area contributed by atoms with Crippen LogP contribution in [-0.4, -0.2) is 27.2 Å². The van der Waals surface area contributed by atoms with Crippen molar-refractivity contribution in [1.82, 2.24) is 0 Å². The molecule has 0 aliphatic rings. The summed E-state index contributed by atoms with van der Waals surface area (Å²) in [6.45, 7) is 0. The zero-order valence-corrected chi connectivity index (χ0v) is 14.5. The molecule has 0 aliphatic carbocycles. The van der Waals surface area contributed by atoms with Gasteiger partial charge in [0.1, 0.15) is 17.5 Å². The molecule has 2 aromatic rings. The fraction of sp³-hybridized carbons (Fsp3) is 0.158. The van der Waals surface area contributed by atoms with Crippen molar-refractivity contribution < 1.29 is 23.4 Å². The highest BCUT2D eigenvalue weighted by Crippen LogP contribution is 2.38. The molecular formula is C19H17FN2O4. The molecule has 0 aromatic heterocycles. The predicted octanol–water partition coefficient (Wildman–Crippen LogP) is 3.40. The lowest BCUT2D eigenvalue weighted by Gasteiger charge is -2.13. The van der Waals surface area contributed by atoms with Crippen LogP contribution in [0.1, 0.15) is 5.56 Å². The molecule has 7 heteroatoms. The van der Waals surface area contributed by atoms with Gasteiger partial charge >= 0.3 is 0 Å². The number of methoxy groups -OCH3 is 3. The molecule has 0 aliphatic heterocycles. The van der Waals surface area contributed by atoms with E-state index in [9.17, 15) is 14.4 Å². The molecule has 0 unspecified atom stereocenters. The molecule has 134 valence electrons. The van der Waals surface area contributed by atoms with E-state index in [1.54, 1.807) is 12.1 Å². The molecule has 0 fully saturated rings. The lowest BCUT2D eigenvalue weighted by atomic mass is 10.1. The monoisotopic (exact) mass is 356 g/mol. The Morgan fingerprint density at radius 1 is 1.08 bits per heavy atom. The molecule has 26 heavy (non-hydrogen) atoms. The van der Waals surface area contributed by atoms with Crippen molar-refractivity contribution in [2.45, 2.75) is 0 Å². The minimum absolute atomic E-state index is 0.136. The van der Waals surface area contributed by atoms with Crippen molar-refractivity contribution in [1.29, 1.82) is 5.26 Å². The fourth-order valence-electron chi connectivity index (χ4n) is 2.23. The number of hydrogen-bond acceptors (Lipinski definition) is 5. The number of benzene rings is 2. The first-order valence-corrected chi connectivity index (χ1v) is 7.51. The van der Waals surface area contributed by atoms with Crippen LogP contribution < -0.4 is 19.5 Å². The summed E-state index contributed by atoms with van der Waals surface area (Å²) in [6, 6.07) is 10.3. The van der Waals surface area contributed by atoms with Gasteiger partial charge in [0.05, 0.1) is 21.3 Å². The second-order valence-corrected chi connectivity index (χ2v) is 5.09. The molecule has 6 nitrogen and oxygen atoms in total. The maximum atomic E-state index is 12.9. The molecule has 0 heterocycles. The Morgan fingerprint density at radius 2 is 1.65 bits per heavy atom. The minimum atomic E-state index is -0.618. The number of nitrogens with one attached hydrogen (secondary N) is 1. The molecule has 0 saturated carbocycles. The third kappa shape index (κ3) is 4.30. The Morgan fingerprint density at radius 3 is 2.12 bits per heavy atom. The van der Waals surface area contributed by atoms with Gasteiger partial charge in [0.2, 0.25) is 5.75 Å². The number of carbonyl (C=O) groups is 1. The van der Waals surface area contributed by atoms with Crippen molar-refractivity contribution in [3.05, 3.63) is 53.4 Å². The van der Waals surface area contributed by atoms with Gasteiger partial charge < -0.3 is 19.5 Å². The van der Waals surface area contributed by atoms with Crippen LogP contribution >= 0.6 is 0 Å². The quantitative estimate of drug-likeness (QED) is 0.634. The molecule has 2 aromatic carbocycles. The van der Waals surface area contributed by atoms with E-state index in [1.807, 2.05) is 6.07 Å².